The second-order valence-electron chi connectivity index (χ2n) is 2.62. The number of halogens is 1. The SMILES string of the molecule is NS(=O)(=O)C1CC[C@@H](F)C1. The summed E-state index contributed by atoms with van der Waals surface area (Å²) in [7, 11) is -3.48. The Balaban J connectivity index is 2.62. The summed E-state index contributed by atoms with van der Waals surface area (Å²) in [6.07, 6.45) is -0.178. The standard InChI is InChI=1S/C5H10FNO2S/c6-4-1-2-5(3-4)10(7,8)9/h4-5H,1-3H2,(H2,7,8,9)/t4-,5?/m1/s1. The van der Waals surface area contributed by atoms with Crippen molar-refractivity contribution in [2.24, 2.45) is 5.14 Å². The van der Waals surface area contributed by atoms with Gasteiger partial charge in [-0.25, -0.2) is 17.9 Å². The Kier molecular flexibility index (Phi) is 1.96. The van der Waals surface area contributed by atoms with Crippen LogP contribution in [0.25, 0.3) is 0 Å². The van der Waals surface area contributed by atoms with Gasteiger partial charge in [-0.05, 0) is 19.3 Å². The van der Waals surface area contributed by atoms with Gasteiger partial charge in [-0.3, -0.25) is 0 Å². The number of sulfonamides is 1. The molecule has 0 saturated heterocycles. The molecule has 60 valence electrons. The molecule has 2 N–H and O–H groups in total. The zero-order valence-corrected chi connectivity index (χ0v) is 6.27. The van der Waals surface area contributed by atoms with Crippen LogP contribution in [-0.2, 0) is 10.0 Å². The van der Waals surface area contributed by atoms with Crippen molar-refractivity contribution in [1.82, 2.24) is 0 Å². The van der Waals surface area contributed by atoms with Gasteiger partial charge in [0.1, 0.15) is 6.17 Å². The first-order valence-corrected chi connectivity index (χ1v) is 4.77. The number of nitrogens with two attached hydrogens (primary N) is 1. The molecule has 2 atom stereocenters. The van der Waals surface area contributed by atoms with E-state index in [1.54, 1.807) is 0 Å². The summed E-state index contributed by atoms with van der Waals surface area (Å²) in [5.41, 5.74) is 0. The van der Waals surface area contributed by atoms with Crippen LogP contribution < -0.4 is 5.14 Å². The molecule has 0 spiro atoms. The lowest BCUT2D eigenvalue weighted by molar-refractivity contribution is 0.342. The van der Waals surface area contributed by atoms with Gasteiger partial charge in [0.25, 0.3) is 0 Å². The van der Waals surface area contributed by atoms with Gasteiger partial charge < -0.3 is 0 Å². The Bertz CT molecular complexity index is 214. The minimum Gasteiger partial charge on any atom is -0.247 e. The summed E-state index contributed by atoms with van der Waals surface area (Å²) in [6.45, 7) is 0. The quantitative estimate of drug-likeness (QED) is 0.605. The maximum atomic E-state index is 12.4. The Morgan fingerprint density at radius 2 is 2.00 bits per heavy atom. The second kappa shape index (κ2) is 2.47. The van der Waals surface area contributed by atoms with Crippen molar-refractivity contribution >= 4 is 10.0 Å². The molecule has 1 unspecified atom stereocenters. The summed E-state index contributed by atoms with van der Waals surface area (Å²) in [6, 6.07) is 0. The van der Waals surface area contributed by atoms with E-state index in [9.17, 15) is 12.8 Å². The topological polar surface area (TPSA) is 60.2 Å². The highest BCUT2D eigenvalue weighted by molar-refractivity contribution is 7.89. The fourth-order valence-corrected chi connectivity index (χ4v) is 2.13. The first-order chi connectivity index (χ1) is 4.50. The van der Waals surface area contributed by atoms with E-state index < -0.39 is 21.4 Å². The third kappa shape index (κ3) is 1.67. The van der Waals surface area contributed by atoms with Crippen LogP contribution in [0.5, 0.6) is 0 Å². The van der Waals surface area contributed by atoms with Crippen LogP contribution in [0.2, 0.25) is 0 Å². The van der Waals surface area contributed by atoms with Gasteiger partial charge in [0.05, 0.1) is 5.25 Å². The van der Waals surface area contributed by atoms with Crippen molar-refractivity contribution in [1.29, 1.82) is 0 Å². The molecule has 5 heteroatoms. The molecule has 10 heavy (non-hydrogen) atoms. The molecule has 1 saturated carbocycles. The molecule has 1 rings (SSSR count). The number of primary sulfonamides is 1. The normalized spacial score (nSPS) is 34.6. The van der Waals surface area contributed by atoms with Crippen molar-refractivity contribution in [3.63, 3.8) is 0 Å². The third-order valence-corrected chi connectivity index (χ3v) is 3.14. The van der Waals surface area contributed by atoms with Gasteiger partial charge in [-0.1, -0.05) is 0 Å². The monoisotopic (exact) mass is 167 g/mol. The van der Waals surface area contributed by atoms with Crippen molar-refractivity contribution in [2.45, 2.75) is 30.7 Å². The van der Waals surface area contributed by atoms with E-state index in [0.29, 0.717) is 12.8 Å². The van der Waals surface area contributed by atoms with Crippen LogP contribution >= 0.6 is 0 Å². The maximum absolute atomic E-state index is 12.4. The van der Waals surface area contributed by atoms with E-state index in [1.165, 1.54) is 0 Å². The molecule has 0 bridgehead atoms. The van der Waals surface area contributed by atoms with E-state index in [2.05, 4.69) is 0 Å². The lowest BCUT2D eigenvalue weighted by Crippen LogP contribution is -2.26. The fourth-order valence-electron chi connectivity index (χ4n) is 1.19. The van der Waals surface area contributed by atoms with Gasteiger partial charge in [-0.15, -0.1) is 0 Å². The maximum Gasteiger partial charge on any atom is 0.212 e. The molecular formula is C5H10FNO2S. The first kappa shape index (κ1) is 7.94. The zero-order valence-electron chi connectivity index (χ0n) is 5.46. The molecule has 0 amide bonds. The van der Waals surface area contributed by atoms with E-state index in [-0.39, 0.29) is 6.42 Å². The highest BCUT2D eigenvalue weighted by Crippen LogP contribution is 2.25. The molecule has 0 radical (unpaired) electrons. The predicted octanol–water partition coefficient (Wildman–Crippen LogP) is 0.166. The Morgan fingerprint density at radius 1 is 1.40 bits per heavy atom. The smallest absolute Gasteiger partial charge is 0.212 e. The van der Waals surface area contributed by atoms with Gasteiger partial charge in [0.2, 0.25) is 10.0 Å². The Morgan fingerprint density at radius 3 is 2.20 bits per heavy atom. The van der Waals surface area contributed by atoms with Crippen LogP contribution in [0.1, 0.15) is 19.3 Å². The van der Waals surface area contributed by atoms with Crippen molar-refractivity contribution < 1.29 is 12.8 Å². The van der Waals surface area contributed by atoms with E-state index in [0.717, 1.165) is 0 Å². The predicted molar refractivity (Wildman–Crippen MR) is 35.6 cm³/mol. The largest absolute Gasteiger partial charge is 0.247 e. The molecular weight excluding hydrogens is 157 g/mol. The van der Waals surface area contributed by atoms with Gasteiger partial charge in [0.15, 0.2) is 0 Å². The van der Waals surface area contributed by atoms with Crippen LogP contribution in [0.15, 0.2) is 0 Å². The van der Waals surface area contributed by atoms with Gasteiger partial charge >= 0.3 is 0 Å². The highest BCUT2D eigenvalue weighted by atomic mass is 32.2. The average Bonchev–Trinajstić information content (AvgIpc) is 2.11. The molecule has 0 aliphatic heterocycles. The first-order valence-electron chi connectivity index (χ1n) is 3.16. The molecule has 0 heterocycles. The molecule has 1 aliphatic carbocycles. The lowest BCUT2D eigenvalue weighted by atomic mass is 10.3. The Hall–Kier alpha value is -0.160. The molecule has 0 aromatic rings. The third-order valence-electron chi connectivity index (χ3n) is 1.79. The van der Waals surface area contributed by atoms with Gasteiger partial charge in [-0.2, -0.15) is 0 Å². The summed E-state index contributed by atoms with van der Waals surface area (Å²) in [5.74, 6) is 0. The fraction of sp³-hybridized carbons (Fsp3) is 1.00. The lowest BCUT2D eigenvalue weighted by Gasteiger charge is -2.03. The minimum atomic E-state index is -3.48. The number of alkyl halides is 1. The number of rotatable bonds is 1. The molecule has 0 aromatic carbocycles. The van der Waals surface area contributed by atoms with E-state index in [4.69, 9.17) is 5.14 Å². The highest BCUT2D eigenvalue weighted by Gasteiger charge is 2.31. The Labute approximate surface area is 59.5 Å². The van der Waals surface area contributed by atoms with Crippen molar-refractivity contribution in [3.8, 4) is 0 Å². The molecule has 3 nitrogen and oxygen atoms in total. The summed E-state index contributed by atoms with van der Waals surface area (Å²) < 4.78 is 33.6. The molecule has 1 fully saturated rings. The van der Waals surface area contributed by atoms with Crippen LogP contribution in [-0.4, -0.2) is 19.8 Å². The van der Waals surface area contributed by atoms with E-state index in [1.807, 2.05) is 0 Å². The molecule has 0 aromatic heterocycles. The van der Waals surface area contributed by atoms with Crippen molar-refractivity contribution in [2.75, 3.05) is 0 Å². The van der Waals surface area contributed by atoms with E-state index >= 15 is 0 Å². The van der Waals surface area contributed by atoms with Crippen LogP contribution in [0, 0.1) is 0 Å². The summed E-state index contributed by atoms with van der Waals surface area (Å²) >= 11 is 0. The van der Waals surface area contributed by atoms with Gasteiger partial charge in [0, 0.05) is 0 Å². The number of hydrogen-bond donors (Lipinski definition) is 1. The zero-order chi connectivity index (χ0) is 7.78. The average molecular weight is 167 g/mol. The van der Waals surface area contributed by atoms with Crippen LogP contribution in [0.4, 0.5) is 4.39 Å². The number of hydrogen-bond acceptors (Lipinski definition) is 2. The molecule has 1 aliphatic rings. The summed E-state index contributed by atoms with van der Waals surface area (Å²) in [5, 5.41) is 4.17. The minimum absolute atomic E-state index is 0.0822. The van der Waals surface area contributed by atoms with Crippen LogP contribution in [0.3, 0.4) is 0 Å². The van der Waals surface area contributed by atoms with Crippen molar-refractivity contribution in [3.05, 3.63) is 0 Å². The summed E-state index contributed by atoms with van der Waals surface area (Å²) in [4.78, 5) is 0. The second-order valence-corrected chi connectivity index (χ2v) is 4.47.